The van der Waals surface area contributed by atoms with Crippen LogP contribution in [0.1, 0.15) is 49.0 Å². The van der Waals surface area contributed by atoms with Crippen LogP contribution in [0.3, 0.4) is 0 Å². The molecule has 1 atom stereocenters. The molecule has 0 saturated heterocycles. The molecule has 1 aliphatic rings. The number of carbonyl (C=O) groups is 1. The summed E-state index contributed by atoms with van der Waals surface area (Å²) in [5, 5.41) is 3.15. The van der Waals surface area contributed by atoms with Crippen LogP contribution in [0, 0.1) is 5.41 Å². The summed E-state index contributed by atoms with van der Waals surface area (Å²) in [7, 11) is 0. The molecular formula is C15H22N2O. The van der Waals surface area contributed by atoms with Crippen molar-refractivity contribution >= 4 is 5.91 Å². The Bertz CT molecular complexity index is 423. The quantitative estimate of drug-likeness (QED) is 0.860. The molecule has 3 nitrogen and oxygen atoms in total. The predicted octanol–water partition coefficient (Wildman–Crippen LogP) is 2.45. The maximum atomic E-state index is 12.1. The molecule has 1 saturated carbocycles. The molecule has 0 aromatic heterocycles. The van der Waals surface area contributed by atoms with Gasteiger partial charge in [0.15, 0.2) is 0 Å². The van der Waals surface area contributed by atoms with E-state index >= 15 is 0 Å². The van der Waals surface area contributed by atoms with E-state index in [2.05, 4.69) is 19.2 Å². The highest BCUT2D eigenvalue weighted by Crippen LogP contribution is 2.37. The average Bonchev–Trinajstić information content (AvgIpc) is 2.69. The van der Waals surface area contributed by atoms with E-state index in [1.165, 1.54) is 12.8 Å². The third-order valence-corrected chi connectivity index (χ3v) is 4.01. The summed E-state index contributed by atoms with van der Waals surface area (Å²) in [5.74, 6) is 0.0264. The number of hydrogen-bond donors (Lipinski definition) is 2. The van der Waals surface area contributed by atoms with Crippen molar-refractivity contribution in [2.75, 3.05) is 0 Å². The Kier molecular flexibility index (Phi) is 3.71. The zero-order valence-corrected chi connectivity index (χ0v) is 11.2. The smallest absolute Gasteiger partial charge is 0.251 e. The lowest BCUT2D eigenvalue weighted by atomic mass is 9.87. The lowest BCUT2D eigenvalue weighted by Gasteiger charge is -2.27. The Labute approximate surface area is 109 Å². The van der Waals surface area contributed by atoms with Crippen LogP contribution in [-0.2, 0) is 6.54 Å². The van der Waals surface area contributed by atoms with Crippen LogP contribution in [0.2, 0.25) is 0 Å². The molecular weight excluding hydrogens is 224 g/mol. The summed E-state index contributed by atoms with van der Waals surface area (Å²) in [5.41, 5.74) is 7.52. The number of nitrogens with two attached hydrogens (primary N) is 1. The zero-order chi connectivity index (χ0) is 13.2. The number of carbonyl (C=O) groups excluding carboxylic acids is 1. The number of benzene rings is 1. The predicted molar refractivity (Wildman–Crippen MR) is 73.2 cm³/mol. The van der Waals surface area contributed by atoms with Crippen molar-refractivity contribution in [1.82, 2.24) is 5.32 Å². The molecule has 1 amide bonds. The van der Waals surface area contributed by atoms with Crippen LogP contribution in [0.15, 0.2) is 24.3 Å². The summed E-state index contributed by atoms with van der Waals surface area (Å²) in [6.45, 7) is 4.96. The second kappa shape index (κ2) is 5.11. The van der Waals surface area contributed by atoms with Gasteiger partial charge >= 0.3 is 0 Å². The third kappa shape index (κ3) is 2.72. The molecule has 2 rings (SSSR count). The Balaban J connectivity index is 2.03. The van der Waals surface area contributed by atoms with Gasteiger partial charge in [0.25, 0.3) is 5.91 Å². The summed E-state index contributed by atoms with van der Waals surface area (Å²) in [6, 6.07) is 7.81. The van der Waals surface area contributed by atoms with Gasteiger partial charge in [0, 0.05) is 18.2 Å². The Morgan fingerprint density at radius 1 is 1.39 bits per heavy atom. The monoisotopic (exact) mass is 246 g/mol. The minimum atomic E-state index is 0.0264. The molecule has 1 aromatic carbocycles. The fourth-order valence-corrected chi connectivity index (χ4v) is 2.63. The zero-order valence-electron chi connectivity index (χ0n) is 11.2. The topological polar surface area (TPSA) is 55.1 Å². The van der Waals surface area contributed by atoms with E-state index in [1.807, 2.05) is 24.3 Å². The number of amides is 1. The first-order valence-corrected chi connectivity index (χ1v) is 6.63. The molecule has 0 bridgehead atoms. The summed E-state index contributed by atoms with van der Waals surface area (Å²) in [6.07, 6.45) is 3.47. The molecule has 1 aromatic rings. The molecule has 3 heteroatoms. The van der Waals surface area contributed by atoms with Crippen LogP contribution >= 0.6 is 0 Å². The lowest BCUT2D eigenvalue weighted by molar-refractivity contribution is 0.0910. The second-order valence-corrected chi connectivity index (χ2v) is 5.81. The van der Waals surface area contributed by atoms with Gasteiger partial charge in [-0.1, -0.05) is 32.4 Å². The van der Waals surface area contributed by atoms with Gasteiger partial charge in [-0.15, -0.1) is 0 Å². The molecule has 18 heavy (non-hydrogen) atoms. The average molecular weight is 246 g/mol. The van der Waals surface area contributed by atoms with Crippen molar-refractivity contribution < 1.29 is 4.79 Å². The SMILES string of the molecule is CC1(C)CCCC1NC(=O)c1ccc(CN)cc1. The molecule has 0 heterocycles. The van der Waals surface area contributed by atoms with Gasteiger partial charge in [0.05, 0.1) is 0 Å². The Morgan fingerprint density at radius 3 is 2.56 bits per heavy atom. The summed E-state index contributed by atoms with van der Waals surface area (Å²) in [4.78, 5) is 12.1. The summed E-state index contributed by atoms with van der Waals surface area (Å²) < 4.78 is 0. The molecule has 0 spiro atoms. The maximum absolute atomic E-state index is 12.1. The van der Waals surface area contributed by atoms with Crippen molar-refractivity contribution in [3.05, 3.63) is 35.4 Å². The van der Waals surface area contributed by atoms with E-state index in [-0.39, 0.29) is 11.3 Å². The van der Waals surface area contributed by atoms with Crippen LogP contribution in [-0.4, -0.2) is 11.9 Å². The highest BCUT2D eigenvalue weighted by molar-refractivity contribution is 5.94. The lowest BCUT2D eigenvalue weighted by Crippen LogP contribution is -2.41. The molecule has 98 valence electrons. The van der Waals surface area contributed by atoms with Gasteiger partial charge in [-0.3, -0.25) is 4.79 Å². The first kappa shape index (κ1) is 13.1. The fourth-order valence-electron chi connectivity index (χ4n) is 2.63. The molecule has 1 fully saturated rings. The summed E-state index contributed by atoms with van der Waals surface area (Å²) >= 11 is 0. The van der Waals surface area contributed by atoms with E-state index in [9.17, 15) is 4.79 Å². The van der Waals surface area contributed by atoms with E-state index < -0.39 is 0 Å². The van der Waals surface area contributed by atoms with Crippen molar-refractivity contribution in [3.8, 4) is 0 Å². The molecule has 3 N–H and O–H groups in total. The first-order chi connectivity index (χ1) is 8.53. The van der Waals surface area contributed by atoms with Gasteiger partial charge in [-0.2, -0.15) is 0 Å². The maximum Gasteiger partial charge on any atom is 0.251 e. The normalized spacial score (nSPS) is 21.8. The van der Waals surface area contributed by atoms with Crippen LogP contribution < -0.4 is 11.1 Å². The van der Waals surface area contributed by atoms with Crippen molar-refractivity contribution in [2.24, 2.45) is 11.1 Å². The standard InChI is InChI=1S/C15H22N2O/c1-15(2)9-3-4-13(15)17-14(18)12-7-5-11(10-16)6-8-12/h5-8,13H,3-4,9-10,16H2,1-2H3,(H,17,18). The van der Waals surface area contributed by atoms with Gasteiger partial charge in [-0.25, -0.2) is 0 Å². The van der Waals surface area contributed by atoms with Gasteiger partial charge < -0.3 is 11.1 Å². The van der Waals surface area contributed by atoms with Crippen molar-refractivity contribution in [2.45, 2.75) is 45.7 Å². The largest absolute Gasteiger partial charge is 0.349 e. The molecule has 1 aliphatic carbocycles. The van der Waals surface area contributed by atoms with Gasteiger partial charge in [-0.05, 0) is 36.0 Å². The minimum absolute atomic E-state index is 0.0264. The van der Waals surface area contributed by atoms with E-state index in [0.717, 1.165) is 17.5 Å². The fraction of sp³-hybridized carbons (Fsp3) is 0.533. The molecule has 1 unspecified atom stereocenters. The van der Waals surface area contributed by atoms with Gasteiger partial charge in [0.2, 0.25) is 0 Å². The van der Waals surface area contributed by atoms with E-state index in [0.29, 0.717) is 12.6 Å². The Morgan fingerprint density at radius 2 is 2.06 bits per heavy atom. The van der Waals surface area contributed by atoms with Crippen molar-refractivity contribution in [3.63, 3.8) is 0 Å². The van der Waals surface area contributed by atoms with Crippen LogP contribution in [0.4, 0.5) is 0 Å². The molecule has 0 aliphatic heterocycles. The van der Waals surface area contributed by atoms with Crippen LogP contribution in [0.25, 0.3) is 0 Å². The van der Waals surface area contributed by atoms with E-state index in [4.69, 9.17) is 5.73 Å². The van der Waals surface area contributed by atoms with E-state index in [1.54, 1.807) is 0 Å². The number of hydrogen-bond acceptors (Lipinski definition) is 2. The highest BCUT2D eigenvalue weighted by Gasteiger charge is 2.35. The van der Waals surface area contributed by atoms with Gasteiger partial charge in [0.1, 0.15) is 0 Å². The van der Waals surface area contributed by atoms with Crippen molar-refractivity contribution in [1.29, 1.82) is 0 Å². The second-order valence-electron chi connectivity index (χ2n) is 5.81. The number of rotatable bonds is 3. The highest BCUT2D eigenvalue weighted by atomic mass is 16.1. The minimum Gasteiger partial charge on any atom is -0.349 e. The number of nitrogens with one attached hydrogen (secondary N) is 1. The third-order valence-electron chi connectivity index (χ3n) is 4.01. The van der Waals surface area contributed by atoms with Crippen LogP contribution in [0.5, 0.6) is 0 Å². The molecule has 0 radical (unpaired) electrons. The first-order valence-electron chi connectivity index (χ1n) is 6.63. The Hall–Kier alpha value is -1.35.